The molecule has 2 aromatic carbocycles. The number of carboxylic acid groups (broad SMARTS) is 1. The summed E-state index contributed by atoms with van der Waals surface area (Å²) in [4.78, 5) is 39.9. The largest absolute Gasteiger partial charge is 0.480 e. The van der Waals surface area contributed by atoms with Gasteiger partial charge in [-0.3, -0.25) is 14.5 Å². The molecule has 1 aliphatic heterocycles. The van der Waals surface area contributed by atoms with Crippen molar-refractivity contribution < 1.29 is 41.1 Å². The number of amides is 3. The van der Waals surface area contributed by atoms with Gasteiger partial charge in [0.2, 0.25) is 10.0 Å². The van der Waals surface area contributed by atoms with E-state index >= 15 is 0 Å². The summed E-state index contributed by atoms with van der Waals surface area (Å²) in [5.74, 6) is -2.72. The van der Waals surface area contributed by atoms with Crippen LogP contribution in [0.4, 0.5) is 23.7 Å². The molecule has 0 bridgehead atoms. The molecule has 0 saturated carbocycles. The van der Waals surface area contributed by atoms with Gasteiger partial charge >= 0.3 is 18.2 Å². The van der Waals surface area contributed by atoms with Gasteiger partial charge in [0.05, 0.1) is 40.8 Å². The topological polar surface area (TPSA) is 148 Å². The van der Waals surface area contributed by atoms with Crippen molar-refractivity contribution >= 4 is 33.6 Å². The summed E-state index contributed by atoms with van der Waals surface area (Å²) in [6, 6.07) is 8.38. The second kappa shape index (κ2) is 9.94. The number of rotatable bonds is 6. The third kappa shape index (κ3) is 5.89. The van der Waals surface area contributed by atoms with E-state index in [4.69, 9.17) is 5.26 Å². The number of carboxylic acids is 1. The molecular weight excluding hydrogens is 517 g/mol. The maximum atomic E-state index is 13.6. The average Bonchev–Trinajstić information content (AvgIpc) is 2.79. The molecule has 1 atom stereocenters. The highest BCUT2D eigenvalue weighted by atomic mass is 32.2. The Morgan fingerprint density at radius 2 is 1.78 bits per heavy atom. The first-order valence-corrected chi connectivity index (χ1v) is 12.3. The number of carbonyl (C=O) groups is 3. The van der Waals surface area contributed by atoms with Crippen molar-refractivity contribution in [2.75, 3.05) is 17.7 Å². The highest BCUT2D eigenvalue weighted by Crippen LogP contribution is 2.40. The normalized spacial score (nSPS) is 16.4. The van der Waals surface area contributed by atoms with Gasteiger partial charge in [0, 0.05) is 5.70 Å². The van der Waals surface area contributed by atoms with E-state index in [1.165, 1.54) is 31.2 Å². The van der Waals surface area contributed by atoms with Crippen molar-refractivity contribution in [2.45, 2.75) is 19.1 Å². The third-order valence-corrected chi connectivity index (χ3v) is 5.92. The van der Waals surface area contributed by atoms with E-state index in [0.29, 0.717) is 17.2 Å². The molecule has 0 aromatic heterocycles. The maximum Gasteiger partial charge on any atom is 0.416 e. The van der Waals surface area contributed by atoms with Crippen molar-refractivity contribution in [2.24, 2.45) is 0 Å². The van der Waals surface area contributed by atoms with Crippen LogP contribution in [0.25, 0.3) is 0 Å². The first-order chi connectivity index (χ1) is 17.1. The van der Waals surface area contributed by atoms with Gasteiger partial charge < -0.3 is 10.0 Å². The Kier molecular flexibility index (Phi) is 7.31. The van der Waals surface area contributed by atoms with Crippen molar-refractivity contribution in [3.8, 4) is 6.07 Å². The third-order valence-electron chi connectivity index (χ3n) is 5.36. The van der Waals surface area contributed by atoms with E-state index in [1.54, 1.807) is 4.72 Å². The number of halogens is 3. The number of alkyl halides is 3. The molecule has 0 aliphatic carbocycles. The van der Waals surface area contributed by atoms with Gasteiger partial charge in [0.1, 0.15) is 6.54 Å². The number of benzene rings is 2. The lowest BCUT2D eigenvalue weighted by molar-refractivity contribution is -0.138. The van der Waals surface area contributed by atoms with Gasteiger partial charge in [0.25, 0.3) is 5.91 Å². The van der Waals surface area contributed by atoms with E-state index < -0.39 is 57.8 Å². The molecule has 1 unspecified atom stereocenters. The molecule has 3 amide bonds. The number of allylic oxidation sites excluding steroid dienone is 1. The summed E-state index contributed by atoms with van der Waals surface area (Å²) >= 11 is 0. The Morgan fingerprint density at radius 3 is 2.30 bits per heavy atom. The molecule has 1 aliphatic rings. The van der Waals surface area contributed by atoms with E-state index in [2.05, 4.69) is 0 Å². The van der Waals surface area contributed by atoms with Crippen molar-refractivity contribution in [1.29, 1.82) is 5.26 Å². The zero-order valence-corrected chi connectivity index (χ0v) is 20.1. The Bertz CT molecular complexity index is 1450. The number of aliphatic carboxylic acids is 1. The molecule has 14 heteroatoms. The lowest BCUT2D eigenvalue weighted by atomic mass is 9.91. The van der Waals surface area contributed by atoms with Gasteiger partial charge in [-0.25, -0.2) is 17.9 Å². The number of anilines is 1. The fourth-order valence-electron chi connectivity index (χ4n) is 3.88. The van der Waals surface area contributed by atoms with Crippen LogP contribution < -0.4 is 9.62 Å². The fourth-order valence-corrected chi connectivity index (χ4v) is 4.33. The van der Waals surface area contributed by atoms with E-state index in [9.17, 15) is 41.1 Å². The lowest BCUT2D eigenvalue weighted by Gasteiger charge is -2.42. The standard InChI is InChI=1S/C23H19F3N4O6S/c1-13-19(21(33)28-37(2,35)36)20(15-8-6-14(11-27)7-9-15)29(12-18(31)32)22(34)30(13)17-5-3-4-16(10-17)23(24,25)26/h3-10,20H,12H2,1-2H3,(H,28,33)(H,31,32). The second-order valence-corrected chi connectivity index (χ2v) is 9.77. The minimum absolute atomic E-state index is 0.162. The molecule has 10 nitrogen and oxygen atoms in total. The number of nitriles is 1. The van der Waals surface area contributed by atoms with E-state index in [0.717, 1.165) is 23.1 Å². The molecule has 3 rings (SSSR count). The molecule has 0 saturated heterocycles. The molecule has 194 valence electrons. The molecule has 0 spiro atoms. The lowest BCUT2D eigenvalue weighted by Crippen LogP contribution is -2.53. The minimum atomic E-state index is -4.77. The van der Waals surface area contributed by atoms with Gasteiger partial charge in [-0.2, -0.15) is 18.4 Å². The van der Waals surface area contributed by atoms with E-state index in [1.807, 2.05) is 6.07 Å². The summed E-state index contributed by atoms with van der Waals surface area (Å²) in [5.41, 5.74) is -1.67. The number of carbonyl (C=O) groups excluding carboxylic acids is 2. The first-order valence-electron chi connectivity index (χ1n) is 10.4. The fraction of sp³-hybridized carbons (Fsp3) is 0.217. The predicted molar refractivity (Wildman–Crippen MR) is 123 cm³/mol. The summed E-state index contributed by atoms with van der Waals surface area (Å²) in [5, 5.41) is 18.6. The van der Waals surface area contributed by atoms with Crippen LogP contribution in [-0.2, 0) is 25.8 Å². The number of nitrogens with one attached hydrogen (secondary N) is 1. The van der Waals surface area contributed by atoms with Crippen molar-refractivity contribution in [1.82, 2.24) is 9.62 Å². The Hall–Kier alpha value is -4.38. The number of hydrogen-bond acceptors (Lipinski definition) is 6. The molecule has 37 heavy (non-hydrogen) atoms. The van der Waals surface area contributed by atoms with Crippen LogP contribution in [0.2, 0.25) is 0 Å². The van der Waals surface area contributed by atoms with Gasteiger partial charge in [-0.15, -0.1) is 0 Å². The van der Waals surface area contributed by atoms with Gasteiger partial charge in [-0.05, 0) is 42.8 Å². The Morgan fingerprint density at radius 1 is 1.16 bits per heavy atom. The molecule has 0 fully saturated rings. The smallest absolute Gasteiger partial charge is 0.416 e. The van der Waals surface area contributed by atoms with Crippen LogP contribution >= 0.6 is 0 Å². The zero-order chi connectivity index (χ0) is 27.7. The molecule has 2 aromatic rings. The number of urea groups is 1. The van der Waals surface area contributed by atoms with Crippen LogP contribution in [0.15, 0.2) is 59.8 Å². The monoisotopic (exact) mass is 536 g/mol. The van der Waals surface area contributed by atoms with Gasteiger partial charge in [-0.1, -0.05) is 18.2 Å². The van der Waals surface area contributed by atoms with Crippen molar-refractivity contribution in [3.05, 3.63) is 76.5 Å². The summed E-state index contributed by atoms with van der Waals surface area (Å²) in [6.07, 6.45) is -4.07. The molecular formula is C23H19F3N4O6S. The molecule has 2 N–H and O–H groups in total. The quantitative estimate of drug-likeness (QED) is 0.577. The van der Waals surface area contributed by atoms with Crippen LogP contribution in [0, 0.1) is 11.3 Å². The highest BCUT2D eigenvalue weighted by Gasteiger charge is 2.44. The predicted octanol–water partition coefficient (Wildman–Crippen LogP) is 2.99. The first kappa shape index (κ1) is 27.2. The molecule has 0 radical (unpaired) electrons. The molecule has 1 heterocycles. The number of hydrogen-bond donors (Lipinski definition) is 2. The summed E-state index contributed by atoms with van der Waals surface area (Å²) in [6.45, 7) is 0.242. The SMILES string of the molecule is CC1=C(C(=O)NS(C)(=O)=O)C(c2ccc(C#N)cc2)N(CC(=O)O)C(=O)N1c1cccc(C(F)(F)F)c1. The van der Waals surface area contributed by atoms with Crippen LogP contribution in [0.1, 0.15) is 29.7 Å². The van der Waals surface area contributed by atoms with Crippen LogP contribution in [0.3, 0.4) is 0 Å². The minimum Gasteiger partial charge on any atom is -0.480 e. The number of nitrogens with zero attached hydrogens (tertiary/aromatic N) is 3. The number of sulfonamides is 1. The summed E-state index contributed by atoms with van der Waals surface area (Å²) < 4.78 is 65.5. The van der Waals surface area contributed by atoms with E-state index in [-0.39, 0.29) is 22.5 Å². The summed E-state index contributed by atoms with van der Waals surface area (Å²) in [7, 11) is -4.14. The second-order valence-electron chi connectivity index (χ2n) is 8.03. The Labute approximate surface area is 209 Å². The van der Waals surface area contributed by atoms with Crippen molar-refractivity contribution in [3.63, 3.8) is 0 Å². The van der Waals surface area contributed by atoms with Gasteiger partial charge in [0.15, 0.2) is 0 Å². The highest BCUT2D eigenvalue weighted by molar-refractivity contribution is 7.89. The Balaban J connectivity index is 2.33. The van der Waals surface area contributed by atoms with Crippen LogP contribution in [0.5, 0.6) is 0 Å². The van der Waals surface area contributed by atoms with Crippen LogP contribution in [-0.4, -0.2) is 49.1 Å². The zero-order valence-electron chi connectivity index (χ0n) is 19.3. The maximum absolute atomic E-state index is 13.6. The average molecular weight is 536 g/mol.